The van der Waals surface area contributed by atoms with Crippen molar-refractivity contribution in [2.75, 3.05) is 17.7 Å². The average Bonchev–Trinajstić information content (AvgIpc) is 2.38. The molecule has 0 atom stereocenters. The van der Waals surface area contributed by atoms with Crippen molar-refractivity contribution in [1.82, 2.24) is 0 Å². The van der Waals surface area contributed by atoms with Crippen LogP contribution < -0.4 is 10.6 Å². The van der Waals surface area contributed by atoms with Gasteiger partial charge in [-0.1, -0.05) is 12.1 Å². The van der Waals surface area contributed by atoms with E-state index in [1.54, 1.807) is 31.3 Å². The first kappa shape index (κ1) is 12.0. The molecule has 0 heterocycles. The number of nitrogens with zero attached hydrogens (tertiary/aromatic N) is 1. The van der Waals surface area contributed by atoms with Gasteiger partial charge in [0.2, 0.25) is 0 Å². The Morgan fingerprint density at radius 1 is 1.11 bits per heavy atom. The monoisotopic (exact) mass is 242 g/mol. The highest BCUT2D eigenvalue weighted by molar-refractivity contribution is 6.07. The summed E-state index contributed by atoms with van der Waals surface area (Å²) in [7, 11) is 1.67. The smallest absolute Gasteiger partial charge is 0.258 e. The molecule has 1 amide bonds. The van der Waals surface area contributed by atoms with Gasteiger partial charge in [-0.3, -0.25) is 4.79 Å². The van der Waals surface area contributed by atoms with Crippen LogP contribution in [0.4, 0.5) is 11.4 Å². The molecule has 0 fully saturated rings. The third-order valence-electron chi connectivity index (χ3n) is 2.72. The van der Waals surface area contributed by atoms with E-state index in [0.29, 0.717) is 16.9 Å². The number of benzene rings is 2. The minimum absolute atomic E-state index is 0.133. The number of hydrogen-bond acceptors (Lipinski definition) is 3. The van der Waals surface area contributed by atoms with Crippen LogP contribution in [0.2, 0.25) is 0 Å². The second kappa shape index (κ2) is 4.79. The molecule has 0 bridgehead atoms. The first-order chi connectivity index (χ1) is 8.59. The van der Waals surface area contributed by atoms with Crippen LogP contribution in [0.25, 0.3) is 0 Å². The summed E-state index contributed by atoms with van der Waals surface area (Å²) in [6, 6.07) is 13.3. The number of amides is 1. The molecular weight excluding hydrogens is 228 g/mol. The number of hydrogen-bond donors (Lipinski definition) is 2. The molecule has 92 valence electrons. The number of carbonyl (C=O) groups excluding carboxylic acids is 1. The molecule has 0 aromatic heterocycles. The standard InChI is InChI=1S/C14H14N2O2/c1-16(13-5-3-2-4-12(13)15)14(18)10-6-8-11(17)9-7-10/h2-9,17H,15H2,1H3. The Hall–Kier alpha value is -2.49. The molecule has 4 nitrogen and oxygen atoms in total. The fourth-order valence-corrected chi connectivity index (χ4v) is 1.70. The Morgan fingerprint density at radius 2 is 1.72 bits per heavy atom. The molecule has 0 aliphatic heterocycles. The Balaban J connectivity index is 2.29. The Morgan fingerprint density at radius 3 is 2.33 bits per heavy atom. The molecule has 0 saturated carbocycles. The predicted octanol–water partition coefficient (Wildman–Crippen LogP) is 2.25. The topological polar surface area (TPSA) is 66.6 Å². The zero-order valence-electron chi connectivity index (χ0n) is 10.00. The van der Waals surface area contributed by atoms with Crippen molar-refractivity contribution in [3.05, 3.63) is 54.1 Å². The minimum Gasteiger partial charge on any atom is -0.508 e. The molecule has 18 heavy (non-hydrogen) atoms. The second-order valence-corrected chi connectivity index (χ2v) is 3.97. The molecule has 2 rings (SSSR count). The number of aromatic hydroxyl groups is 1. The van der Waals surface area contributed by atoms with E-state index >= 15 is 0 Å². The first-order valence-electron chi connectivity index (χ1n) is 5.51. The van der Waals surface area contributed by atoms with Crippen molar-refractivity contribution in [2.24, 2.45) is 0 Å². The first-order valence-corrected chi connectivity index (χ1v) is 5.51. The van der Waals surface area contributed by atoms with E-state index in [1.165, 1.54) is 17.0 Å². The van der Waals surface area contributed by atoms with Gasteiger partial charge >= 0.3 is 0 Å². The average molecular weight is 242 g/mol. The summed E-state index contributed by atoms with van der Waals surface area (Å²) in [5, 5.41) is 9.19. The zero-order chi connectivity index (χ0) is 13.1. The molecule has 0 spiro atoms. The molecule has 4 heteroatoms. The van der Waals surface area contributed by atoms with E-state index in [2.05, 4.69) is 0 Å². The highest BCUT2D eigenvalue weighted by atomic mass is 16.3. The Labute approximate surface area is 105 Å². The Kier molecular flexibility index (Phi) is 3.19. The summed E-state index contributed by atoms with van der Waals surface area (Å²) in [6.07, 6.45) is 0. The maximum atomic E-state index is 12.2. The fraction of sp³-hybridized carbons (Fsp3) is 0.0714. The lowest BCUT2D eigenvalue weighted by atomic mass is 10.1. The van der Waals surface area contributed by atoms with Gasteiger partial charge in [0.25, 0.3) is 5.91 Å². The molecule has 0 unspecified atom stereocenters. The van der Waals surface area contributed by atoms with Gasteiger partial charge in [-0.25, -0.2) is 0 Å². The van der Waals surface area contributed by atoms with Crippen LogP contribution in [0, 0.1) is 0 Å². The van der Waals surface area contributed by atoms with Gasteiger partial charge in [-0.2, -0.15) is 0 Å². The molecule has 0 aliphatic carbocycles. The molecule has 2 aromatic rings. The molecular formula is C14H14N2O2. The van der Waals surface area contributed by atoms with Crippen LogP contribution in [0.3, 0.4) is 0 Å². The number of nitrogen functional groups attached to an aromatic ring is 1. The van der Waals surface area contributed by atoms with Gasteiger partial charge < -0.3 is 15.7 Å². The van der Waals surface area contributed by atoms with Crippen molar-refractivity contribution < 1.29 is 9.90 Å². The number of rotatable bonds is 2. The normalized spacial score (nSPS) is 10.1. The van der Waals surface area contributed by atoms with Gasteiger partial charge in [0.15, 0.2) is 0 Å². The number of carbonyl (C=O) groups is 1. The van der Waals surface area contributed by atoms with Crippen LogP contribution in [0.5, 0.6) is 5.75 Å². The third kappa shape index (κ3) is 2.27. The predicted molar refractivity (Wildman–Crippen MR) is 71.7 cm³/mol. The maximum Gasteiger partial charge on any atom is 0.258 e. The van der Waals surface area contributed by atoms with E-state index < -0.39 is 0 Å². The number of anilines is 2. The quantitative estimate of drug-likeness (QED) is 0.794. The summed E-state index contributed by atoms with van der Waals surface area (Å²) in [4.78, 5) is 13.7. The summed E-state index contributed by atoms with van der Waals surface area (Å²) < 4.78 is 0. The van der Waals surface area contributed by atoms with E-state index in [4.69, 9.17) is 5.73 Å². The van der Waals surface area contributed by atoms with Gasteiger partial charge in [0.1, 0.15) is 5.75 Å². The van der Waals surface area contributed by atoms with Crippen molar-refractivity contribution in [1.29, 1.82) is 0 Å². The summed E-state index contributed by atoms with van der Waals surface area (Å²) in [5.74, 6) is -0.0404. The highest BCUT2D eigenvalue weighted by Crippen LogP contribution is 2.23. The van der Waals surface area contributed by atoms with Gasteiger partial charge in [-0.05, 0) is 36.4 Å². The summed E-state index contributed by atoms with van der Waals surface area (Å²) >= 11 is 0. The van der Waals surface area contributed by atoms with Crippen molar-refractivity contribution in [3.8, 4) is 5.75 Å². The summed E-state index contributed by atoms with van der Waals surface area (Å²) in [5.41, 5.74) is 7.54. The number of nitrogens with two attached hydrogens (primary N) is 1. The van der Waals surface area contributed by atoms with Crippen LogP contribution in [0.1, 0.15) is 10.4 Å². The van der Waals surface area contributed by atoms with Crippen molar-refractivity contribution >= 4 is 17.3 Å². The van der Waals surface area contributed by atoms with Crippen LogP contribution in [-0.4, -0.2) is 18.1 Å². The number of phenolic OH excluding ortho intramolecular Hbond substituents is 1. The van der Waals surface area contributed by atoms with Gasteiger partial charge in [0, 0.05) is 12.6 Å². The van der Waals surface area contributed by atoms with Gasteiger partial charge in [-0.15, -0.1) is 0 Å². The largest absolute Gasteiger partial charge is 0.508 e. The van der Waals surface area contributed by atoms with E-state index in [1.807, 2.05) is 12.1 Å². The van der Waals surface area contributed by atoms with Crippen molar-refractivity contribution in [3.63, 3.8) is 0 Å². The number of phenols is 1. The lowest BCUT2D eigenvalue weighted by molar-refractivity contribution is 0.0993. The number of para-hydroxylation sites is 2. The fourth-order valence-electron chi connectivity index (χ4n) is 1.70. The molecule has 0 aliphatic rings. The van der Waals surface area contributed by atoms with Crippen molar-refractivity contribution in [2.45, 2.75) is 0 Å². The SMILES string of the molecule is CN(C(=O)c1ccc(O)cc1)c1ccccc1N. The molecule has 0 radical (unpaired) electrons. The molecule has 2 aromatic carbocycles. The van der Waals surface area contributed by atoms with Crippen LogP contribution in [-0.2, 0) is 0 Å². The molecule has 3 N–H and O–H groups in total. The van der Waals surface area contributed by atoms with E-state index in [-0.39, 0.29) is 11.7 Å². The zero-order valence-corrected chi connectivity index (χ0v) is 10.00. The summed E-state index contributed by atoms with van der Waals surface area (Å²) in [6.45, 7) is 0. The van der Waals surface area contributed by atoms with Crippen LogP contribution >= 0.6 is 0 Å². The second-order valence-electron chi connectivity index (χ2n) is 3.97. The van der Waals surface area contributed by atoms with E-state index in [0.717, 1.165) is 0 Å². The van der Waals surface area contributed by atoms with Crippen LogP contribution in [0.15, 0.2) is 48.5 Å². The maximum absolute atomic E-state index is 12.2. The lowest BCUT2D eigenvalue weighted by Crippen LogP contribution is -2.26. The lowest BCUT2D eigenvalue weighted by Gasteiger charge is -2.19. The third-order valence-corrected chi connectivity index (χ3v) is 2.72. The highest BCUT2D eigenvalue weighted by Gasteiger charge is 2.14. The minimum atomic E-state index is -0.173. The Bertz CT molecular complexity index is 564. The van der Waals surface area contributed by atoms with E-state index in [9.17, 15) is 9.90 Å². The van der Waals surface area contributed by atoms with Gasteiger partial charge in [0.05, 0.1) is 11.4 Å². The molecule has 0 saturated heterocycles.